The van der Waals surface area contributed by atoms with Crippen molar-refractivity contribution in [3.05, 3.63) is 53.6 Å². The van der Waals surface area contributed by atoms with E-state index < -0.39 is 0 Å². The number of furan rings is 1. The summed E-state index contributed by atoms with van der Waals surface area (Å²) in [6.07, 6.45) is 3.87. The van der Waals surface area contributed by atoms with E-state index >= 15 is 0 Å². The number of anilines is 1. The van der Waals surface area contributed by atoms with Crippen LogP contribution in [0.3, 0.4) is 0 Å². The third kappa shape index (κ3) is 3.63. The fourth-order valence-corrected chi connectivity index (χ4v) is 4.26. The molecular weight excluding hydrogens is 412 g/mol. The molecule has 0 bridgehead atoms. The van der Waals surface area contributed by atoms with E-state index in [0.717, 1.165) is 42.7 Å². The van der Waals surface area contributed by atoms with Gasteiger partial charge >= 0.3 is 0 Å². The lowest BCUT2D eigenvalue weighted by atomic mass is 10.3. The summed E-state index contributed by atoms with van der Waals surface area (Å²) in [6, 6.07) is 11.3. The Bertz CT molecular complexity index is 1100. The predicted molar refractivity (Wildman–Crippen MR) is 109 cm³/mol. The van der Waals surface area contributed by atoms with E-state index in [1.807, 2.05) is 28.8 Å². The molecule has 5 rings (SSSR count). The highest BCUT2D eigenvalue weighted by molar-refractivity contribution is 7.98. The van der Waals surface area contributed by atoms with Crippen molar-refractivity contribution in [1.82, 2.24) is 24.9 Å². The van der Waals surface area contributed by atoms with Crippen LogP contribution in [0.25, 0.3) is 17.3 Å². The van der Waals surface area contributed by atoms with E-state index in [0.29, 0.717) is 28.3 Å². The van der Waals surface area contributed by atoms with Gasteiger partial charge in [0, 0.05) is 13.1 Å². The van der Waals surface area contributed by atoms with Crippen LogP contribution in [0.15, 0.2) is 56.8 Å². The minimum absolute atomic E-state index is 0.427. The second kappa shape index (κ2) is 7.92. The Morgan fingerprint density at radius 3 is 2.72 bits per heavy atom. The molecule has 1 aliphatic rings. The second-order valence-electron chi connectivity index (χ2n) is 6.54. The summed E-state index contributed by atoms with van der Waals surface area (Å²) in [5.41, 5.74) is 0.852. The summed E-state index contributed by atoms with van der Waals surface area (Å²) in [4.78, 5) is 6.62. The highest BCUT2D eigenvalue weighted by Crippen LogP contribution is 2.33. The van der Waals surface area contributed by atoms with Crippen molar-refractivity contribution >= 4 is 29.3 Å². The first-order chi connectivity index (χ1) is 14.3. The fraction of sp³-hybridized carbons (Fsp3) is 0.263. The average Bonchev–Trinajstić information content (AvgIpc) is 3.54. The smallest absolute Gasteiger partial charge is 0.238 e. The van der Waals surface area contributed by atoms with Crippen molar-refractivity contribution in [3.8, 4) is 17.3 Å². The van der Waals surface area contributed by atoms with Crippen molar-refractivity contribution < 1.29 is 8.94 Å². The van der Waals surface area contributed by atoms with Gasteiger partial charge in [0.25, 0.3) is 0 Å². The number of benzene rings is 1. The van der Waals surface area contributed by atoms with E-state index in [9.17, 15) is 0 Å². The van der Waals surface area contributed by atoms with Crippen LogP contribution < -0.4 is 4.90 Å². The molecule has 0 amide bonds. The van der Waals surface area contributed by atoms with Gasteiger partial charge in [-0.05, 0) is 37.1 Å². The molecule has 0 saturated carbocycles. The summed E-state index contributed by atoms with van der Waals surface area (Å²) in [5.74, 6) is 2.74. The molecule has 0 atom stereocenters. The Balaban J connectivity index is 1.43. The summed E-state index contributed by atoms with van der Waals surface area (Å²) in [5, 5.41) is 14.2. The molecule has 3 aromatic heterocycles. The largest absolute Gasteiger partial charge is 0.461 e. The number of rotatable bonds is 6. The van der Waals surface area contributed by atoms with Gasteiger partial charge in [0.1, 0.15) is 0 Å². The van der Waals surface area contributed by atoms with Crippen LogP contribution in [0.1, 0.15) is 18.7 Å². The van der Waals surface area contributed by atoms with Crippen LogP contribution in [0.4, 0.5) is 5.95 Å². The number of thioether (sulfide) groups is 1. The molecule has 0 unspecified atom stereocenters. The second-order valence-corrected chi connectivity index (χ2v) is 7.89. The quantitative estimate of drug-likeness (QED) is 0.416. The normalized spacial score (nSPS) is 14.0. The van der Waals surface area contributed by atoms with Crippen LogP contribution >= 0.6 is 23.4 Å². The first kappa shape index (κ1) is 18.3. The van der Waals surface area contributed by atoms with Gasteiger partial charge in [0.15, 0.2) is 10.9 Å². The van der Waals surface area contributed by atoms with Crippen molar-refractivity contribution in [1.29, 1.82) is 0 Å². The Kier molecular flexibility index (Phi) is 4.99. The van der Waals surface area contributed by atoms with Gasteiger partial charge < -0.3 is 13.8 Å². The van der Waals surface area contributed by atoms with Gasteiger partial charge in [-0.15, -0.1) is 10.2 Å². The molecule has 8 nitrogen and oxygen atoms in total. The maximum atomic E-state index is 6.49. The summed E-state index contributed by atoms with van der Waals surface area (Å²) >= 11 is 7.96. The third-order valence-electron chi connectivity index (χ3n) is 4.63. The average molecular weight is 429 g/mol. The zero-order valence-corrected chi connectivity index (χ0v) is 16.9. The highest BCUT2D eigenvalue weighted by atomic mass is 35.5. The summed E-state index contributed by atoms with van der Waals surface area (Å²) < 4.78 is 12.7. The van der Waals surface area contributed by atoms with Gasteiger partial charge in [-0.1, -0.05) is 40.7 Å². The van der Waals surface area contributed by atoms with E-state index in [2.05, 4.69) is 25.2 Å². The SMILES string of the molecule is Clc1ccccc1-n1c(SCc2nc(-c3ccco3)no2)nnc1N1CCCC1. The Hall–Kier alpha value is -2.78. The van der Waals surface area contributed by atoms with Gasteiger partial charge in [-0.25, -0.2) is 0 Å². The molecule has 1 aromatic carbocycles. The first-order valence-electron chi connectivity index (χ1n) is 9.24. The fourth-order valence-electron chi connectivity index (χ4n) is 3.27. The molecule has 1 aliphatic heterocycles. The molecule has 0 spiro atoms. The molecule has 4 aromatic rings. The number of para-hydroxylation sites is 1. The van der Waals surface area contributed by atoms with Gasteiger partial charge in [-0.2, -0.15) is 4.98 Å². The van der Waals surface area contributed by atoms with Crippen molar-refractivity contribution in [2.45, 2.75) is 23.8 Å². The summed E-state index contributed by atoms with van der Waals surface area (Å²) in [7, 11) is 0. The molecule has 148 valence electrons. The molecule has 1 fully saturated rings. The molecule has 10 heteroatoms. The maximum Gasteiger partial charge on any atom is 0.238 e. The summed E-state index contributed by atoms with van der Waals surface area (Å²) in [6.45, 7) is 1.92. The van der Waals surface area contributed by atoms with E-state index in [1.54, 1.807) is 18.4 Å². The molecule has 29 heavy (non-hydrogen) atoms. The number of hydrogen-bond acceptors (Lipinski definition) is 8. The predicted octanol–water partition coefficient (Wildman–Crippen LogP) is 4.46. The number of nitrogens with zero attached hydrogens (tertiary/aromatic N) is 6. The third-order valence-corrected chi connectivity index (χ3v) is 5.87. The Morgan fingerprint density at radius 1 is 1.07 bits per heavy atom. The molecule has 0 radical (unpaired) electrons. The van der Waals surface area contributed by atoms with Crippen LogP contribution in [0.5, 0.6) is 0 Å². The maximum absolute atomic E-state index is 6.49. The first-order valence-corrected chi connectivity index (χ1v) is 10.6. The lowest BCUT2D eigenvalue weighted by molar-refractivity contribution is 0.390. The molecule has 0 N–H and O–H groups in total. The molecule has 0 aliphatic carbocycles. The molecule has 4 heterocycles. The van der Waals surface area contributed by atoms with Gasteiger partial charge in [-0.3, -0.25) is 4.57 Å². The van der Waals surface area contributed by atoms with Crippen molar-refractivity contribution in [3.63, 3.8) is 0 Å². The van der Waals surface area contributed by atoms with Crippen LogP contribution in [-0.4, -0.2) is 38.0 Å². The van der Waals surface area contributed by atoms with Crippen LogP contribution in [0.2, 0.25) is 5.02 Å². The lowest BCUT2D eigenvalue weighted by Gasteiger charge is -2.18. The minimum Gasteiger partial charge on any atom is -0.461 e. The number of halogens is 1. The molecular formula is C19H17ClN6O2S. The van der Waals surface area contributed by atoms with Crippen molar-refractivity contribution in [2.75, 3.05) is 18.0 Å². The Labute approximate surface area is 175 Å². The number of aromatic nitrogens is 5. The number of hydrogen-bond donors (Lipinski definition) is 0. The van der Waals surface area contributed by atoms with E-state index in [1.165, 1.54) is 11.8 Å². The monoisotopic (exact) mass is 428 g/mol. The van der Waals surface area contributed by atoms with Crippen LogP contribution in [-0.2, 0) is 5.75 Å². The van der Waals surface area contributed by atoms with Crippen LogP contribution in [0, 0.1) is 0 Å². The van der Waals surface area contributed by atoms with Gasteiger partial charge in [0.2, 0.25) is 17.7 Å². The standard InChI is InChI=1S/C19H17ClN6O2S/c20-13-6-1-2-7-14(13)26-18(25-9-3-4-10-25)22-23-19(26)29-12-16-21-17(24-28-16)15-8-5-11-27-15/h1-2,5-8,11H,3-4,9-10,12H2. The lowest BCUT2D eigenvalue weighted by Crippen LogP contribution is -2.22. The highest BCUT2D eigenvalue weighted by Gasteiger charge is 2.24. The molecule has 1 saturated heterocycles. The van der Waals surface area contributed by atoms with E-state index in [-0.39, 0.29) is 0 Å². The Morgan fingerprint density at radius 2 is 1.93 bits per heavy atom. The minimum atomic E-state index is 0.427. The van der Waals surface area contributed by atoms with E-state index in [4.69, 9.17) is 20.5 Å². The zero-order chi connectivity index (χ0) is 19.6. The van der Waals surface area contributed by atoms with Crippen molar-refractivity contribution in [2.24, 2.45) is 0 Å². The topological polar surface area (TPSA) is 86.0 Å². The van der Waals surface area contributed by atoms with Gasteiger partial charge in [0.05, 0.1) is 22.7 Å². The zero-order valence-electron chi connectivity index (χ0n) is 15.4.